The van der Waals surface area contributed by atoms with E-state index in [0.29, 0.717) is 26.8 Å². The molecule has 0 unspecified atom stereocenters. The Morgan fingerprint density at radius 3 is 2.31 bits per heavy atom. The van der Waals surface area contributed by atoms with Gasteiger partial charge in [-0.3, -0.25) is 19.8 Å². The summed E-state index contributed by atoms with van der Waals surface area (Å²) in [6.45, 7) is 5.81. The standard InChI is InChI=1S/C26H22Br2N4O3/c1-14-7-9-21(19(28)11-14)30-25(34)26(35)31-32-22-10-8-18(27)12-17(22)13-23(32)24(33)29-20-6-4-5-15(2)16(20)3/h4-13H,1-3H3,(H,29,33)(H,30,34)(H,31,35). The van der Waals surface area contributed by atoms with Gasteiger partial charge < -0.3 is 10.6 Å². The molecule has 0 aliphatic carbocycles. The zero-order valence-electron chi connectivity index (χ0n) is 19.2. The maximum absolute atomic E-state index is 13.3. The van der Waals surface area contributed by atoms with E-state index in [0.717, 1.165) is 21.2 Å². The molecule has 0 fully saturated rings. The topological polar surface area (TPSA) is 92.2 Å². The third kappa shape index (κ3) is 5.31. The van der Waals surface area contributed by atoms with Gasteiger partial charge in [0, 0.05) is 20.0 Å². The average Bonchev–Trinajstić information content (AvgIpc) is 3.16. The molecule has 0 radical (unpaired) electrons. The van der Waals surface area contributed by atoms with E-state index in [2.05, 4.69) is 47.9 Å². The monoisotopic (exact) mass is 596 g/mol. The van der Waals surface area contributed by atoms with E-state index >= 15 is 0 Å². The van der Waals surface area contributed by atoms with E-state index in [9.17, 15) is 14.4 Å². The second-order valence-electron chi connectivity index (χ2n) is 8.15. The molecule has 35 heavy (non-hydrogen) atoms. The first-order valence-corrected chi connectivity index (χ1v) is 12.3. The average molecular weight is 598 g/mol. The van der Waals surface area contributed by atoms with E-state index in [4.69, 9.17) is 0 Å². The largest absolute Gasteiger partial charge is 0.328 e. The van der Waals surface area contributed by atoms with Gasteiger partial charge in [-0.15, -0.1) is 0 Å². The number of hydrogen-bond acceptors (Lipinski definition) is 3. The van der Waals surface area contributed by atoms with Gasteiger partial charge in [0.2, 0.25) is 0 Å². The lowest BCUT2D eigenvalue weighted by Crippen LogP contribution is -2.36. The highest BCUT2D eigenvalue weighted by molar-refractivity contribution is 9.10. The van der Waals surface area contributed by atoms with E-state index in [1.165, 1.54) is 4.68 Å². The van der Waals surface area contributed by atoms with Crippen molar-refractivity contribution in [1.82, 2.24) is 4.68 Å². The molecule has 4 rings (SSSR count). The van der Waals surface area contributed by atoms with Gasteiger partial charge in [-0.1, -0.05) is 34.1 Å². The zero-order chi connectivity index (χ0) is 25.3. The van der Waals surface area contributed by atoms with Crippen molar-refractivity contribution in [2.75, 3.05) is 16.1 Å². The van der Waals surface area contributed by atoms with Gasteiger partial charge in [-0.05, 0) is 95.9 Å². The van der Waals surface area contributed by atoms with Crippen LogP contribution in [0.15, 0.2) is 69.6 Å². The molecular formula is C26H22Br2N4O3. The molecule has 1 heterocycles. The summed E-state index contributed by atoms with van der Waals surface area (Å²) in [6.07, 6.45) is 0. The molecule has 0 saturated heterocycles. The molecule has 0 atom stereocenters. The van der Waals surface area contributed by atoms with Crippen LogP contribution in [0.3, 0.4) is 0 Å². The van der Waals surface area contributed by atoms with E-state index in [1.54, 1.807) is 24.3 Å². The molecule has 9 heteroatoms. The van der Waals surface area contributed by atoms with Crippen LogP contribution in [0.2, 0.25) is 0 Å². The van der Waals surface area contributed by atoms with Crippen LogP contribution in [0.5, 0.6) is 0 Å². The predicted molar refractivity (Wildman–Crippen MR) is 145 cm³/mol. The van der Waals surface area contributed by atoms with Crippen LogP contribution in [-0.2, 0) is 9.59 Å². The lowest BCUT2D eigenvalue weighted by molar-refractivity contribution is -0.133. The maximum atomic E-state index is 13.3. The molecule has 0 aliphatic heterocycles. The van der Waals surface area contributed by atoms with Crippen LogP contribution < -0.4 is 16.1 Å². The van der Waals surface area contributed by atoms with Gasteiger partial charge in [0.15, 0.2) is 0 Å². The summed E-state index contributed by atoms with van der Waals surface area (Å²) >= 11 is 6.82. The van der Waals surface area contributed by atoms with Crippen LogP contribution in [0.4, 0.5) is 11.4 Å². The minimum Gasteiger partial charge on any atom is -0.320 e. The molecule has 1 aromatic heterocycles. The van der Waals surface area contributed by atoms with Crippen molar-refractivity contribution in [2.45, 2.75) is 20.8 Å². The van der Waals surface area contributed by atoms with Crippen LogP contribution >= 0.6 is 31.9 Å². The summed E-state index contributed by atoms with van der Waals surface area (Å²) < 4.78 is 2.80. The van der Waals surface area contributed by atoms with Crippen molar-refractivity contribution in [3.63, 3.8) is 0 Å². The molecule has 3 amide bonds. The number of amides is 3. The molecule has 178 valence electrons. The van der Waals surface area contributed by atoms with Gasteiger partial charge in [0.1, 0.15) is 5.69 Å². The number of hydrogen-bond donors (Lipinski definition) is 3. The predicted octanol–water partition coefficient (Wildman–Crippen LogP) is 6.05. The van der Waals surface area contributed by atoms with Crippen molar-refractivity contribution in [3.05, 3.63) is 92.0 Å². The third-order valence-electron chi connectivity index (χ3n) is 5.64. The number of anilines is 2. The molecule has 3 N–H and O–H groups in total. The lowest BCUT2D eigenvalue weighted by atomic mass is 10.1. The molecule has 0 bridgehead atoms. The van der Waals surface area contributed by atoms with E-state index in [-0.39, 0.29) is 5.69 Å². The number of benzene rings is 3. The molecule has 7 nitrogen and oxygen atoms in total. The highest BCUT2D eigenvalue weighted by Crippen LogP contribution is 2.26. The number of aryl methyl sites for hydroxylation is 2. The van der Waals surface area contributed by atoms with Crippen LogP contribution in [-0.4, -0.2) is 22.4 Å². The highest BCUT2D eigenvalue weighted by Gasteiger charge is 2.22. The lowest BCUT2D eigenvalue weighted by Gasteiger charge is -2.14. The Bertz CT molecular complexity index is 1490. The fourth-order valence-electron chi connectivity index (χ4n) is 3.60. The highest BCUT2D eigenvalue weighted by atomic mass is 79.9. The Kier molecular flexibility index (Phi) is 7.09. The van der Waals surface area contributed by atoms with Crippen LogP contribution in [0.25, 0.3) is 10.9 Å². The number of nitrogens with one attached hydrogen (secondary N) is 3. The van der Waals surface area contributed by atoms with Crippen LogP contribution in [0, 0.1) is 20.8 Å². The van der Waals surface area contributed by atoms with E-state index < -0.39 is 17.7 Å². The molecule has 0 saturated carbocycles. The Morgan fingerprint density at radius 1 is 0.800 bits per heavy atom. The minimum atomic E-state index is -0.918. The van der Waals surface area contributed by atoms with Crippen LogP contribution in [0.1, 0.15) is 27.2 Å². The Balaban J connectivity index is 1.65. The second-order valence-corrected chi connectivity index (χ2v) is 9.92. The molecule has 0 spiro atoms. The number of rotatable bonds is 4. The summed E-state index contributed by atoms with van der Waals surface area (Å²) in [5.74, 6) is -2.21. The SMILES string of the molecule is Cc1ccc(NC(=O)C(=O)Nn2c(C(=O)Nc3cccc(C)c3C)cc3cc(Br)ccc32)c(Br)c1. The summed E-state index contributed by atoms with van der Waals surface area (Å²) in [5.41, 5.74) is 7.43. The fourth-order valence-corrected chi connectivity index (χ4v) is 4.57. The zero-order valence-corrected chi connectivity index (χ0v) is 22.4. The molecule has 4 aromatic rings. The number of aromatic nitrogens is 1. The molecule has 0 aliphatic rings. The number of carbonyl (C=O) groups excluding carboxylic acids is 3. The number of halogens is 2. The third-order valence-corrected chi connectivity index (χ3v) is 6.79. The quantitative estimate of drug-likeness (QED) is 0.250. The maximum Gasteiger partial charge on any atom is 0.328 e. The van der Waals surface area contributed by atoms with Crippen molar-refractivity contribution in [2.24, 2.45) is 0 Å². The van der Waals surface area contributed by atoms with Gasteiger partial charge in [0.05, 0.1) is 11.2 Å². The van der Waals surface area contributed by atoms with E-state index in [1.807, 2.05) is 57.2 Å². The number of carbonyl (C=O) groups is 3. The smallest absolute Gasteiger partial charge is 0.320 e. The van der Waals surface area contributed by atoms with Crippen molar-refractivity contribution >= 4 is 71.9 Å². The summed E-state index contributed by atoms with van der Waals surface area (Å²) in [6, 6.07) is 18.0. The van der Waals surface area contributed by atoms with Gasteiger partial charge in [-0.25, -0.2) is 4.68 Å². The first-order valence-electron chi connectivity index (χ1n) is 10.7. The Hall–Kier alpha value is -3.43. The molecule has 3 aromatic carbocycles. The Morgan fingerprint density at radius 2 is 1.57 bits per heavy atom. The number of fused-ring (bicyclic) bond motifs is 1. The van der Waals surface area contributed by atoms with Crippen molar-refractivity contribution < 1.29 is 14.4 Å². The van der Waals surface area contributed by atoms with Gasteiger partial charge in [-0.2, -0.15) is 0 Å². The second kappa shape index (κ2) is 10.1. The molecular weight excluding hydrogens is 576 g/mol. The first kappa shape index (κ1) is 24.7. The summed E-state index contributed by atoms with van der Waals surface area (Å²) in [4.78, 5) is 38.8. The fraction of sp³-hybridized carbons (Fsp3) is 0.115. The normalized spacial score (nSPS) is 10.8. The number of nitrogens with zero attached hydrogens (tertiary/aromatic N) is 1. The van der Waals surface area contributed by atoms with Gasteiger partial charge >= 0.3 is 11.8 Å². The summed E-state index contributed by atoms with van der Waals surface area (Å²) in [7, 11) is 0. The van der Waals surface area contributed by atoms with Gasteiger partial charge in [0.25, 0.3) is 5.91 Å². The Labute approximate surface area is 219 Å². The van der Waals surface area contributed by atoms with Crippen molar-refractivity contribution in [1.29, 1.82) is 0 Å². The summed E-state index contributed by atoms with van der Waals surface area (Å²) in [5, 5.41) is 6.21. The minimum absolute atomic E-state index is 0.177. The van der Waals surface area contributed by atoms with Crippen molar-refractivity contribution in [3.8, 4) is 0 Å². The first-order chi connectivity index (χ1) is 16.6.